The van der Waals surface area contributed by atoms with Crippen molar-refractivity contribution in [3.05, 3.63) is 29.8 Å². The van der Waals surface area contributed by atoms with E-state index in [-0.39, 0.29) is 6.61 Å². The van der Waals surface area contributed by atoms with E-state index in [4.69, 9.17) is 9.47 Å². The van der Waals surface area contributed by atoms with E-state index in [9.17, 15) is 4.79 Å². The van der Waals surface area contributed by atoms with Crippen molar-refractivity contribution in [3.63, 3.8) is 0 Å². The Balaban J connectivity index is 2.54. The van der Waals surface area contributed by atoms with Crippen LogP contribution in [0, 0.1) is 0 Å². The van der Waals surface area contributed by atoms with Gasteiger partial charge in [-0.25, -0.2) is 4.79 Å². The second-order valence-corrected chi connectivity index (χ2v) is 3.81. The molecular formula is C9H11NO3S2. The van der Waals surface area contributed by atoms with E-state index < -0.39 is 6.09 Å². The fourth-order valence-corrected chi connectivity index (χ4v) is 1.08. The van der Waals surface area contributed by atoms with Gasteiger partial charge in [-0.05, 0) is 43.3 Å². The first kappa shape index (κ1) is 12.1. The molecule has 0 bridgehead atoms. The zero-order chi connectivity index (χ0) is 11.3. The highest BCUT2D eigenvalue weighted by Crippen LogP contribution is 2.14. The number of amides is 1. The minimum absolute atomic E-state index is 0.160. The largest absolute Gasteiger partial charge is 0.497 e. The highest BCUT2D eigenvalue weighted by molar-refractivity contribution is 7.94. The summed E-state index contributed by atoms with van der Waals surface area (Å²) in [6.45, 7) is 0.160. The van der Waals surface area contributed by atoms with E-state index in [2.05, 4.69) is 25.6 Å². The summed E-state index contributed by atoms with van der Waals surface area (Å²) in [5.74, 6) is 0.720. The highest BCUT2D eigenvalue weighted by atomic mass is 32.2. The number of thiol groups is 2. The Morgan fingerprint density at radius 2 is 2.20 bits per heavy atom. The van der Waals surface area contributed by atoms with Gasteiger partial charge >= 0.3 is 6.09 Å². The van der Waals surface area contributed by atoms with E-state index in [0.717, 1.165) is 15.0 Å². The predicted molar refractivity (Wildman–Crippen MR) is 63.0 cm³/mol. The molecule has 0 fully saturated rings. The Hall–Kier alpha value is -1.01. The molecule has 6 heteroatoms. The monoisotopic (exact) mass is 245 g/mol. The van der Waals surface area contributed by atoms with Gasteiger partial charge in [0.15, 0.2) is 0 Å². The predicted octanol–water partition coefficient (Wildman–Crippen LogP) is 2.32. The number of hydrogen-bond donors (Lipinski definition) is 2. The average Bonchev–Trinajstić information content (AvgIpc) is 2.26. The normalized spacial score (nSPS) is 9.53. The van der Waals surface area contributed by atoms with Crippen LogP contribution in [-0.2, 0) is 11.3 Å². The SMILES string of the molecule is COc1cccc(COC(=O)N(S)S)c1. The van der Waals surface area contributed by atoms with Crippen LogP contribution >= 0.6 is 25.6 Å². The van der Waals surface area contributed by atoms with Crippen LogP contribution in [0.15, 0.2) is 24.3 Å². The number of ether oxygens (including phenoxy) is 2. The lowest BCUT2D eigenvalue weighted by Gasteiger charge is -2.09. The molecule has 4 nitrogen and oxygen atoms in total. The molecule has 0 saturated heterocycles. The maximum atomic E-state index is 11.0. The van der Waals surface area contributed by atoms with Gasteiger partial charge in [-0.15, -0.1) is 0 Å². The number of rotatable bonds is 3. The molecule has 82 valence electrons. The summed E-state index contributed by atoms with van der Waals surface area (Å²) in [7, 11) is 1.58. The first-order chi connectivity index (χ1) is 7.13. The minimum atomic E-state index is -0.621. The molecule has 0 heterocycles. The number of carbonyl (C=O) groups is 1. The number of methoxy groups -OCH3 is 1. The zero-order valence-corrected chi connectivity index (χ0v) is 9.87. The lowest BCUT2D eigenvalue weighted by molar-refractivity contribution is 0.136. The molecule has 0 N–H and O–H groups in total. The van der Waals surface area contributed by atoms with Gasteiger partial charge in [0, 0.05) is 0 Å². The molecule has 1 aromatic carbocycles. The minimum Gasteiger partial charge on any atom is -0.497 e. The van der Waals surface area contributed by atoms with E-state index in [1.807, 2.05) is 18.2 Å². The standard InChI is InChI=1S/C9H11NO3S2/c1-12-8-4-2-3-7(5-8)6-13-9(11)10(14)15/h2-5,14-15H,6H2,1H3. The van der Waals surface area contributed by atoms with Crippen molar-refractivity contribution in [1.29, 1.82) is 0 Å². The molecule has 0 aliphatic heterocycles. The van der Waals surface area contributed by atoms with E-state index in [1.54, 1.807) is 13.2 Å². The quantitative estimate of drug-likeness (QED) is 0.803. The van der Waals surface area contributed by atoms with Gasteiger partial charge in [0.1, 0.15) is 12.4 Å². The summed E-state index contributed by atoms with van der Waals surface area (Å²) in [5.41, 5.74) is 0.839. The van der Waals surface area contributed by atoms with Gasteiger partial charge in [0.2, 0.25) is 0 Å². The van der Waals surface area contributed by atoms with E-state index in [1.165, 1.54) is 0 Å². The van der Waals surface area contributed by atoms with Crippen LogP contribution in [-0.4, -0.2) is 16.9 Å². The van der Waals surface area contributed by atoms with Crippen LogP contribution in [0.25, 0.3) is 0 Å². The molecule has 15 heavy (non-hydrogen) atoms. The summed E-state index contributed by atoms with van der Waals surface area (Å²) in [5, 5.41) is 0. The highest BCUT2D eigenvalue weighted by Gasteiger charge is 2.06. The fraction of sp³-hybridized carbons (Fsp3) is 0.222. The van der Waals surface area contributed by atoms with Gasteiger partial charge in [0.05, 0.1) is 7.11 Å². The molecule has 0 unspecified atom stereocenters. The maximum Gasteiger partial charge on any atom is 0.430 e. The molecule has 1 rings (SSSR count). The van der Waals surface area contributed by atoms with Gasteiger partial charge < -0.3 is 9.47 Å². The van der Waals surface area contributed by atoms with Crippen molar-refractivity contribution in [1.82, 2.24) is 3.71 Å². The third-order valence-electron chi connectivity index (χ3n) is 1.66. The smallest absolute Gasteiger partial charge is 0.430 e. The third-order valence-corrected chi connectivity index (χ3v) is 1.99. The summed E-state index contributed by atoms with van der Waals surface area (Å²) in [4.78, 5) is 11.0. The third kappa shape index (κ3) is 3.93. The Morgan fingerprint density at radius 3 is 2.80 bits per heavy atom. The Bertz CT molecular complexity index is 344. The van der Waals surface area contributed by atoms with Crippen LogP contribution in [0.3, 0.4) is 0 Å². The fourth-order valence-electron chi connectivity index (χ4n) is 0.965. The molecule has 0 radical (unpaired) electrons. The summed E-state index contributed by atoms with van der Waals surface area (Å²) < 4.78 is 10.7. The molecule has 0 aliphatic rings. The summed E-state index contributed by atoms with van der Waals surface area (Å²) >= 11 is 7.35. The number of carbonyl (C=O) groups excluding carboxylic acids is 1. The van der Waals surface area contributed by atoms with E-state index in [0.29, 0.717) is 0 Å². The molecule has 1 aromatic rings. The molecular weight excluding hydrogens is 234 g/mol. The lowest BCUT2D eigenvalue weighted by Crippen LogP contribution is -2.13. The Morgan fingerprint density at radius 1 is 1.47 bits per heavy atom. The lowest BCUT2D eigenvalue weighted by atomic mass is 10.2. The molecule has 0 atom stereocenters. The topological polar surface area (TPSA) is 38.8 Å². The van der Waals surface area contributed by atoms with Crippen molar-refractivity contribution in [2.45, 2.75) is 6.61 Å². The molecule has 0 aromatic heterocycles. The molecule has 0 saturated carbocycles. The Kier molecular flexibility index (Phi) is 4.64. The molecule has 0 spiro atoms. The van der Waals surface area contributed by atoms with E-state index >= 15 is 0 Å². The molecule has 0 aliphatic carbocycles. The van der Waals surface area contributed by atoms with Crippen molar-refractivity contribution in [3.8, 4) is 5.75 Å². The van der Waals surface area contributed by atoms with Crippen LogP contribution < -0.4 is 4.74 Å². The van der Waals surface area contributed by atoms with Crippen LogP contribution in [0.5, 0.6) is 5.75 Å². The number of nitrogens with zero attached hydrogens (tertiary/aromatic N) is 1. The van der Waals surface area contributed by atoms with Crippen LogP contribution in [0.4, 0.5) is 4.79 Å². The zero-order valence-electron chi connectivity index (χ0n) is 8.08. The van der Waals surface area contributed by atoms with Crippen LogP contribution in [0.1, 0.15) is 5.56 Å². The first-order valence-corrected chi connectivity index (χ1v) is 4.91. The second kappa shape index (κ2) is 5.77. The average molecular weight is 245 g/mol. The van der Waals surface area contributed by atoms with Gasteiger partial charge in [-0.1, -0.05) is 12.1 Å². The summed E-state index contributed by atoms with van der Waals surface area (Å²) in [6, 6.07) is 7.25. The van der Waals surface area contributed by atoms with Crippen molar-refractivity contribution < 1.29 is 14.3 Å². The van der Waals surface area contributed by atoms with Gasteiger partial charge in [0.25, 0.3) is 0 Å². The number of hydrogen-bond acceptors (Lipinski definition) is 5. The van der Waals surface area contributed by atoms with Crippen molar-refractivity contribution in [2.24, 2.45) is 0 Å². The van der Waals surface area contributed by atoms with Crippen LogP contribution in [0.2, 0.25) is 0 Å². The Labute approximate surface area is 99.3 Å². The van der Waals surface area contributed by atoms with Crippen molar-refractivity contribution in [2.75, 3.05) is 7.11 Å². The summed E-state index contributed by atoms with van der Waals surface area (Å²) in [6.07, 6.45) is -0.621. The number of benzene rings is 1. The van der Waals surface area contributed by atoms with Gasteiger partial charge in [-0.3, -0.25) is 0 Å². The second-order valence-electron chi connectivity index (χ2n) is 2.70. The molecule has 1 amide bonds. The first-order valence-electron chi connectivity index (χ1n) is 4.11. The maximum absolute atomic E-state index is 11.0. The van der Waals surface area contributed by atoms with Gasteiger partial charge in [-0.2, -0.15) is 3.71 Å². The van der Waals surface area contributed by atoms with Crippen molar-refractivity contribution >= 4 is 31.7 Å².